The molecule has 0 spiro atoms. The molecule has 1 aliphatic rings. The van der Waals surface area contributed by atoms with Crippen molar-refractivity contribution in [2.24, 2.45) is 0 Å². The van der Waals surface area contributed by atoms with Gasteiger partial charge in [-0.3, -0.25) is 0 Å². The zero-order valence-corrected chi connectivity index (χ0v) is 12.8. The predicted molar refractivity (Wildman–Crippen MR) is 81.1 cm³/mol. The second-order valence-corrected chi connectivity index (χ2v) is 5.33. The van der Waals surface area contributed by atoms with Gasteiger partial charge < -0.3 is 18.8 Å². The average molecular weight is 315 g/mol. The highest BCUT2D eigenvalue weighted by molar-refractivity contribution is 5.47. The van der Waals surface area contributed by atoms with Crippen LogP contribution < -0.4 is 4.90 Å². The summed E-state index contributed by atoms with van der Waals surface area (Å²) in [5.41, 5.74) is 0.823. The molecule has 4 rings (SSSR count). The quantitative estimate of drug-likeness (QED) is 0.721. The summed E-state index contributed by atoms with van der Waals surface area (Å²) < 4.78 is 18.2. The molecule has 1 fully saturated rings. The number of morpholine rings is 1. The summed E-state index contributed by atoms with van der Waals surface area (Å²) >= 11 is 0. The Labute approximate surface area is 132 Å². The summed E-state index contributed by atoms with van der Waals surface area (Å²) in [6.07, 6.45) is 3.07. The number of furan rings is 1. The van der Waals surface area contributed by atoms with Crippen molar-refractivity contribution >= 4 is 11.6 Å². The lowest BCUT2D eigenvalue weighted by molar-refractivity contribution is 0.0253. The zero-order chi connectivity index (χ0) is 15.6. The molecule has 3 aromatic rings. The van der Waals surface area contributed by atoms with E-state index in [-0.39, 0.29) is 6.10 Å². The Morgan fingerprint density at radius 3 is 3.22 bits per heavy atom. The van der Waals surface area contributed by atoms with E-state index in [2.05, 4.69) is 20.0 Å². The van der Waals surface area contributed by atoms with Crippen molar-refractivity contribution < 1.29 is 13.9 Å². The summed E-state index contributed by atoms with van der Waals surface area (Å²) in [5.74, 6) is 2.32. The third-order valence-corrected chi connectivity index (χ3v) is 3.83. The fraction of sp³-hybridized carbons (Fsp3) is 0.400. The predicted octanol–water partition coefficient (Wildman–Crippen LogP) is 1.44. The normalized spacial score (nSPS) is 18.7. The first-order valence-corrected chi connectivity index (χ1v) is 7.43. The van der Waals surface area contributed by atoms with E-state index in [9.17, 15) is 0 Å². The van der Waals surface area contributed by atoms with Gasteiger partial charge in [0.05, 0.1) is 31.7 Å². The molecule has 3 aromatic heterocycles. The van der Waals surface area contributed by atoms with Gasteiger partial charge in [-0.1, -0.05) is 0 Å². The molecule has 8 nitrogen and oxygen atoms in total. The van der Waals surface area contributed by atoms with Gasteiger partial charge in [0.25, 0.3) is 5.78 Å². The van der Waals surface area contributed by atoms with Crippen molar-refractivity contribution in [3.05, 3.63) is 42.2 Å². The van der Waals surface area contributed by atoms with E-state index >= 15 is 0 Å². The second kappa shape index (κ2) is 5.98. The molecule has 0 amide bonds. The number of aromatic nitrogens is 4. The first kappa shape index (κ1) is 14.2. The highest BCUT2D eigenvalue weighted by Gasteiger charge is 2.26. The topological polar surface area (TPSA) is 77.9 Å². The molecule has 0 aromatic carbocycles. The highest BCUT2D eigenvalue weighted by atomic mass is 16.5. The Balaban J connectivity index is 1.68. The Kier molecular flexibility index (Phi) is 3.68. The van der Waals surface area contributed by atoms with E-state index in [0.717, 1.165) is 23.8 Å². The van der Waals surface area contributed by atoms with Gasteiger partial charge in [-0.05, 0) is 12.1 Å². The van der Waals surface area contributed by atoms with Gasteiger partial charge in [-0.15, -0.1) is 0 Å². The fourth-order valence-electron chi connectivity index (χ4n) is 2.80. The zero-order valence-electron chi connectivity index (χ0n) is 12.8. The molecular weight excluding hydrogens is 298 g/mol. The van der Waals surface area contributed by atoms with Crippen molar-refractivity contribution in [2.45, 2.75) is 12.7 Å². The van der Waals surface area contributed by atoms with Gasteiger partial charge in [-0.25, -0.2) is 4.98 Å². The standard InChI is InChI=1S/C15H17N5O3/c1-21-9-11-7-14(20-15(18-11)16-10-17-20)19-4-6-23-13(8-19)12-3-2-5-22-12/h2-3,5,7,10,13H,4,6,8-9H2,1H3. The summed E-state index contributed by atoms with van der Waals surface area (Å²) in [5, 5.41) is 4.28. The maximum Gasteiger partial charge on any atom is 0.254 e. The van der Waals surface area contributed by atoms with E-state index in [1.54, 1.807) is 17.9 Å². The molecule has 8 heteroatoms. The van der Waals surface area contributed by atoms with E-state index in [1.807, 2.05) is 18.2 Å². The Morgan fingerprint density at radius 1 is 1.43 bits per heavy atom. The molecule has 0 bridgehead atoms. The number of nitrogens with zero attached hydrogens (tertiary/aromatic N) is 5. The molecule has 0 saturated carbocycles. The third kappa shape index (κ3) is 2.66. The van der Waals surface area contributed by atoms with Gasteiger partial charge in [-0.2, -0.15) is 14.6 Å². The lowest BCUT2D eigenvalue weighted by Gasteiger charge is -2.33. The smallest absolute Gasteiger partial charge is 0.254 e. The van der Waals surface area contributed by atoms with Crippen LogP contribution in [0.2, 0.25) is 0 Å². The number of hydrogen-bond donors (Lipinski definition) is 0. The van der Waals surface area contributed by atoms with Crippen LogP contribution in [0.3, 0.4) is 0 Å². The van der Waals surface area contributed by atoms with Crippen LogP contribution in [0.25, 0.3) is 5.78 Å². The number of hydrogen-bond acceptors (Lipinski definition) is 7. The van der Waals surface area contributed by atoms with Crippen LogP contribution in [-0.4, -0.2) is 46.4 Å². The maximum absolute atomic E-state index is 5.82. The lowest BCUT2D eigenvalue weighted by atomic mass is 10.2. The minimum Gasteiger partial charge on any atom is -0.467 e. The van der Waals surface area contributed by atoms with Crippen molar-refractivity contribution in [3.63, 3.8) is 0 Å². The SMILES string of the molecule is COCc1cc(N2CCOC(c3ccco3)C2)n2ncnc2n1. The lowest BCUT2D eigenvalue weighted by Crippen LogP contribution is -2.39. The summed E-state index contributed by atoms with van der Waals surface area (Å²) in [6.45, 7) is 2.49. The Hall–Kier alpha value is -2.45. The van der Waals surface area contributed by atoms with Crippen LogP contribution in [0.1, 0.15) is 17.6 Å². The van der Waals surface area contributed by atoms with Gasteiger partial charge in [0, 0.05) is 19.7 Å². The van der Waals surface area contributed by atoms with Crippen LogP contribution in [0.4, 0.5) is 5.82 Å². The molecule has 0 radical (unpaired) electrons. The number of rotatable bonds is 4. The fourth-order valence-corrected chi connectivity index (χ4v) is 2.80. The first-order chi connectivity index (χ1) is 11.3. The molecule has 4 heterocycles. The van der Waals surface area contributed by atoms with E-state index in [1.165, 1.54) is 6.33 Å². The van der Waals surface area contributed by atoms with Crippen LogP contribution in [0.15, 0.2) is 35.2 Å². The Bertz CT molecular complexity index is 786. The molecular formula is C15H17N5O3. The van der Waals surface area contributed by atoms with Gasteiger partial charge in [0.15, 0.2) is 0 Å². The molecule has 1 aliphatic heterocycles. The molecule has 1 saturated heterocycles. The molecule has 1 atom stereocenters. The Morgan fingerprint density at radius 2 is 2.39 bits per heavy atom. The van der Waals surface area contributed by atoms with Crippen molar-refractivity contribution in [3.8, 4) is 0 Å². The summed E-state index contributed by atoms with van der Waals surface area (Å²) in [4.78, 5) is 10.8. The molecule has 0 aliphatic carbocycles. The van der Waals surface area contributed by atoms with Gasteiger partial charge >= 0.3 is 0 Å². The minimum atomic E-state index is -0.101. The number of fused-ring (bicyclic) bond motifs is 1. The van der Waals surface area contributed by atoms with E-state index < -0.39 is 0 Å². The van der Waals surface area contributed by atoms with Crippen molar-refractivity contribution in [1.82, 2.24) is 19.6 Å². The van der Waals surface area contributed by atoms with Crippen LogP contribution in [0.5, 0.6) is 0 Å². The molecule has 23 heavy (non-hydrogen) atoms. The largest absolute Gasteiger partial charge is 0.467 e. The number of methoxy groups -OCH3 is 1. The van der Waals surface area contributed by atoms with Crippen LogP contribution in [-0.2, 0) is 16.1 Å². The summed E-state index contributed by atoms with van der Waals surface area (Å²) in [7, 11) is 1.65. The van der Waals surface area contributed by atoms with Crippen molar-refractivity contribution in [2.75, 3.05) is 31.7 Å². The number of ether oxygens (including phenoxy) is 2. The first-order valence-electron chi connectivity index (χ1n) is 7.43. The number of anilines is 1. The van der Waals surface area contributed by atoms with E-state index in [4.69, 9.17) is 13.9 Å². The maximum atomic E-state index is 5.82. The monoisotopic (exact) mass is 315 g/mol. The highest BCUT2D eigenvalue weighted by Crippen LogP contribution is 2.26. The van der Waals surface area contributed by atoms with Gasteiger partial charge in [0.2, 0.25) is 0 Å². The van der Waals surface area contributed by atoms with Crippen LogP contribution >= 0.6 is 0 Å². The molecule has 120 valence electrons. The van der Waals surface area contributed by atoms with E-state index in [0.29, 0.717) is 25.5 Å². The summed E-state index contributed by atoms with van der Waals surface area (Å²) in [6, 6.07) is 5.79. The van der Waals surface area contributed by atoms with Crippen LogP contribution in [0, 0.1) is 0 Å². The third-order valence-electron chi connectivity index (χ3n) is 3.83. The van der Waals surface area contributed by atoms with Gasteiger partial charge in [0.1, 0.15) is 24.0 Å². The molecule has 1 unspecified atom stereocenters. The minimum absolute atomic E-state index is 0.101. The van der Waals surface area contributed by atoms with Crippen molar-refractivity contribution in [1.29, 1.82) is 0 Å². The average Bonchev–Trinajstić information content (AvgIpc) is 3.26. The second-order valence-electron chi connectivity index (χ2n) is 5.33. The molecule has 0 N–H and O–H groups in total.